The van der Waals surface area contributed by atoms with Crippen LogP contribution in [0.25, 0.3) is 0 Å². The molecule has 1 heterocycles. The third-order valence-corrected chi connectivity index (χ3v) is 10.2. The average Bonchev–Trinajstić information content (AvgIpc) is 3.01. The molecule has 2 amide bonds. The number of likely N-dealkylation sites (tertiary alicyclic amines) is 1. The van der Waals surface area contributed by atoms with Crippen molar-refractivity contribution >= 4 is 11.8 Å². The molecule has 4 nitrogen and oxygen atoms in total. The van der Waals surface area contributed by atoms with Crippen molar-refractivity contribution in [1.82, 2.24) is 9.80 Å². The molecule has 0 aromatic rings. The summed E-state index contributed by atoms with van der Waals surface area (Å²) < 4.78 is 0. The van der Waals surface area contributed by atoms with Crippen LogP contribution in [0, 0.1) is 34.5 Å². The lowest BCUT2D eigenvalue weighted by Gasteiger charge is -2.61. The fourth-order valence-electron chi connectivity index (χ4n) is 8.84. The number of rotatable bonds is 3. The van der Waals surface area contributed by atoms with Crippen LogP contribution >= 0.6 is 0 Å². The first-order valence-corrected chi connectivity index (χ1v) is 12.6. The molecule has 30 heavy (non-hydrogen) atoms. The van der Waals surface area contributed by atoms with Gasteiger partial charge in [0.2, 0.25) is 11.8 Å². The van der Waals surface area contributed by atoms with E-state index in [0.29, 0.717) is 36.1 Å². The first-order chi connectivity index (χ1) is 14.0. The normalized spacial score (nSPS) is 43.4. The lowest BCUT2D eigenvalue weighted by molar-refractivity contribution is -0.162. The Balaban J connectivity index is 1.59. The molecule has 0 spiro atoms. The van der Waals surface area contributed by atoms with Crippen molar-refractivity contribution < 1.29 is 9.59 Å². The maximum Gasteiger partial charge on any atom is 0.226 e. The van der Waals surface area contributed by atoms with Gasteiger partial charge in [-0.2, -0.15) is 0 Å². The highest BCUT2D eigenvalue weighted by atomic mass is 16.2. The Labute approximate surface area is 184 Å². The molecule has 0 N–H and O–H groups in total. The number of piperidine rings is 1. The molecule has 0 bridgehead atoms. The molecule has 6 unspecified atom stereocenters. The van der Waals surface area contributed by atoms with Gasteiger partial charge in [-0.3, -0.25) is 9.59 Å². The van der Waals surface area contributed by atoms with E-state index in [-0.39, 0.29) is 28.8 Å². The van der Waals surface area contributed by atoms with E-state index < -0.39 is 0 Å². The molecule has 3 saturated carbocycles. The summed E-state index contributed by atoms with van der Waals surface area (Å²) in [5.41, 5.74) is 0.413. The van der Waals surface area contributed by atoms with E-state index >= 15 is 0 Å². The number of hydrogen-bond acceptors (Lipinski definition) is 2. The van der Waals surface area contributed by atoms with Gasteiger partial charge in [0.05, 0.1) is 0 Å². The van der Waals surface area contributed by atoms with Gasteiger partial charge in [-0.05, 0) is 101 Å². The number of fused-ring (bicyclic) bond motifs is 5. The van der Waals surface area contributed by atoms with E-state index in [4.69, 9.17) is 0 Å². The molecular weight excluding hydrogens is 372 g/mol. The summed E-state index contributed by atoms with van der Waals surface area (Å²) in [4.78, 5) is 30.3. The van der Waals surface area contributed by atoms with Crippen LogP contribution in [0.1, 0.15) is 92.9 Å². The van der Waals surface area contributed by atoms with Crippen LogP contribution < -0.4 is 0 Å². The quantitative estimate of drug-likeness (QED) is 0.641. The largest absolute Gasteiger partial charge is 0.342 e. The van der Waals surface area contributed by atoms with Crippen molar-refractivity contribution in [3.05, 3.63) is 0 Å². The highest BCUT2D eigenvalue weighted by Gasteiger charge is 2.62. The third kappa shape index (κ3) is 3.06. The predicted molar refractivity (Wildman–Crippen MR) is 121 cm³/mol. The zero-order valence-corrected chi connectivity index (χ0v) is 20.4. The third-order valence-electron chi connectivity index (χ3n) is 10.2. The van der Waals surface area contributed by atoms with Gasteiger partial charge in [-0.25, -0.2) is 0 Å². The van der Waals surface area contributed by atoms with Crippen molar-refractivity contribution in [2.45, 2.75) is 111 Å². The Kier molecular flexibility index (Phi) is 5.55. The minimum Gasteiger partial charge on any atom is -0.342 e. The Morgan fingerprint density at radius 3 is 2.20 bits per heavy atom. The molecule has 3 aliphatic carbocycles. The lowest BCUT2D eigenvalue weighted by Crippen LogP contribution is -2.61. The fourth-order valence-corrected chi connectivity index (χ4v) is 8.84. The number of nitrogens with zero attached hydrogens (tertiary/aromatic N) is 2. The second-order valence-electron chi connectivity index (χ2n) is 12.1. The van der Waals surface area contributed by atoms with E-state index in [1.165, 1.54) is 25.7 Å². The van der Waals surface area contributed by atoms with E-state index in [9.17, 15) is 9.59 Å². The average molecular weight is 417 g/mol. The summed E-state index contributed by atoms with van der Waals surface area (Å²) in [7, 11) is 2.04. The van der Waals surface area contributed by atoms with Gasteiger partial charge in [0.1, 0.15) is 0 Å². The first kappa shape index (κ1) is 22.1. The topological polar surface area (TPSA) is 40.6 Å². The highest BCUT2D eigenvalue weighted by molar-refractivity contribution is 5.81. The van der Waals surface area contributed by atoms with Crippen LogP contribution in [0.2, 0.25) is 0 Å². The van der Waals surface area contributed by atoms with Crippen molar-refractivity contribution in [3.8, 4) is 0 Å². The zero-order chi connectivity index (χ0) is 22.0. The standard InChI is InChI=1S/C26H44N2O2/c1-16(2)28(17(3)4)24(30)21-10-9-19-18-8-11-22-26(6,15-13-23(29)27(22)7)20(18)12-14-25(19,21)5/h16-22H,8-15H2,1-7H3/t18?,19?,20?,21-,22?,25?,26?/m1/s1. The summed E-state index contributed by atoms with van der Waals surface area (Å²) in [6.07, 6.45) is 8.86. The van der Waals surface area contributed by atoms with Gasteiger partial charge in [0, 0.05) is 37.5 Å². The van der Waals surface area contributed by atoms with Gasteiger partial charge in [0.15, 0.2) is 0 Å². The van der Waals surface area contributed by atoms with Crippen molar-refractivity contribution in [2.75, 3.05) is 7.05 Å². The van der Waals surface area contributed by atoms with Crippen LogP contribution in [0.15, 0.2) is 0 Å². The molecule has 4 aliphatic rings. The number of carbonyl (C=O) groups is 2. The van der Waals surface area contributed by atoms with Crippen LogP contribution in [-0.2, 0) is 9.59 Å². The lowest BCUT2D eigenvalue weighted by atomic mass is 9.47. The first-order valence-electron chi connectivity index (χ1n) is 12.6. The molecular formula is C26H44N2O2. The molecule has 1 aliphatic heterocycles. The maximum atomic E-state index is 13.7. The van der Waals surface area contributed by atoms with Crippen LogP contribution in [0.4, 0.5) is 0 Å². The summed E-state index contributed by atoms with van der Waals surface area (Å²) in [6.45, 7) is 13.6. The summed E-state index contributed by atoms with van der Waals surface area (Å²) >= 11 is 0. The molecule has 4 fully saturated rings. The molecule has 4 rings (SSSR count). The van der Waals surface area contributed by atoms with Crippen molar-refractivity contribution in [1.29, 1.82) is 0 Å². The number of amides is 2. The van der Waals surface area contributed by atoms with Gasteiger partial charge < -0.3 is 9.80 Å². The highest BCUT2D eigenvalue weighted by Crippen LogP contribution is 2.66. The minimum atomic E-state index is 0.153. The second kappa shape index (κ2) is 7.52. The molecule has 170 valence electrons. The van der Waals surface area contributed by atoms with Gasteiger partial charge in [0.25, 0.3) is 0 Å². The molecule has 0 aromatic heterocycles. The SMILES string of the molecule is CC(C)N(C(=O)[C@H]1CCC2C3CCC4N(C)C(=O)CCC4(C)C3CCC21C)C(C)C. The van der Waals surface area contributed by atoms with Gasteiger partial charge in [-0.1, -0.05) is 13.8 Å². The van der Waals surface area contributed by atoms with E-state index in [1.54, 1.807) is 0 Å². The van der Waals surface area contributed by atoms with Gasteiger partial charge in [-0.15, -0.1) is 0 Å². The molecule has 4 heteroatoms. The van der Waals surface area contributed by atoms with Crippen LogP contribution in [-0.4, -0.2) is 46.8 Å². The van der Waals surface area contributed by atoms with Crippen molar-refractivity contribution in [2.24, 2.45) is 34.5 Å². The summed E-state index contributed by atoms with van der Waals surface area (Å²) in [6, 6.07) is 0.947. The smallest absolute Gasteiger partial charge is 0.226 e. The predicted octanol–water partition coefficient (Wildman–Crippen LogP) is 5.11. The number of hydrogen-bond donors (Lipinski definition) is 0. The fraction of sp³-hybridized carbons (Fsp3) is 0.923. The zero-order valence-electron chi connectivity index (χ0n) is 20.4. The van der Waals surface area contributed by atoms with Crippen LogP contribution in [0.5, 0.6) is 0 Å². The van der Waals surface area contributed by atoms with E-state index in [2.05, 4.69) is 51.3 Å². The van der Waals surface area contributed by atoms with Gasteiger partial charge >= 0.3 is 0 Å². The van der Waals surface area contributed by atoms with Crippen LogP contribution in [0.3, 0.4) is 0 Å². The Morgan fingerprint density at radius 1 is 0.933 bits per heavy atom. The van der Waals surface area contributed by atoms with Crippen molar-refractivity contribution in [3.63, 3.8) is 0 Å². The molecule has 0 aromatic carbocycles. The number of carbonyl (C=O) groups excluding carboxylic acids is 2. The molecule has 1 saturated heterocycles. The molecule has 7 atom stereocenters. The monoisotopic (exact) mass is 416 g/mol. The molecule has 0 radical (unpaired) electrons. The second-order valence-corrected chi connectivity index (χ2v) is 12.1. The minimum absolute atomic E-state index is 0.153. The Hall–Kier alpha value is -1.06. The Morgan fingerprint density at radius 2 is 1.57 bits per heavy atom. The van der Waals surface area contributed by atoms with E-state index in [1.807, 2.05) is 7.05 Å². The Bertz CT molecular complexity index is 695. The maximum absolute atomic E-state index is 13.7. The van der Waals surface area contributed by atoms with E-state index in [0.717, 1.165) is 25.2 Å². The summed E-state index contributed by atoms with van der Waals surface area (Å²) in [5, 5.41) is 0. The summed E-state index contributed by atoms with van der Waals surface area (Å²) in [5.74, 6) is 3.05.